The largest absolute Gasteiger partial charge is 0.462 e. The fourth-order valence-corrected chi connectivity index (χ4v) is 9.11. The molecule has 0 aliphatic rings. The Labute approximate surface area is 405 Å². The van der Waals surface area contributed by atoms with Gasteiger partial charge in [0.15, 0.2) is 0 Å². The Bertz CT molecular complexity index is 1030. The molecule has 0 aromatic heterocycles. The fraction of sp³-hybridized carbons (Fsp3) is 0.898. The zero-order valence-corrected chi connectivity index (χ0v) is 43.9. The summed E-state index contributed by atoms with van der Waals surface area (Å²) in [5.74, 6) is -0.461. The van der Waals surface area contributed by atoms with Crippen LogP contribution in [-0.2, 0) is 14.3 Å². The third-order valence-corrected chi connectivity index (χ3v) is 13.5. The number of carbonyl (C=O) groups excluding carboxylic acids is 2. The number of carbonyl (C=O) groups is 2. The molecular formula is C59H113NO5. The Hall–Kier alpha value is -1.66. The molecule has 65 heavy (non-hydrogen) atoms. The van der Waals surface area contributed by atoms with E-state index in [-0.39, 0.29) is 24.9 Å². The molecule has 6 nitrogen and oxygen atoms in total. The fourth-order valence-electron chi connectivity index (χ4n) is 9.11. The van der Waals surface area contributed by atoms with Gasteiger partial charge in [-0.1, -0.05) is 270 Å². The van der Waals surface area contributed by atoms with Crippen molar-refractivity contribution >= 4 is 11.9 Å². The zero-order chi connectivity index (χ0) is 47.4. The zero-order valence-electron chi connectivity index (χ0n) is 43.9. The van der Waals surface area contributed by atoms with E-state index in [1.165, 1.54) is 205 Å². The molecule has 384 valence electrons. The summed E-state index contributed by atoms with van der Waals surface area (Å²) in [6, 6.07) is -0.700. The summed E-state index contributed by atoms with van der Waals surface area (Å²) < 4.78 is 5.97. The molecule has 0 radical (unpaired) electrons. The quantitative estimate of drug-likeness (QED) is 0.0321. The number of unbranched alkanes of at least 4 members (excludes halogenated alkanes) is 37. The smallest absolute Gasteiger partial charge is 0.306 e. The summed E-state index contributed by atoms with van der Waals surface area (Å²) in [6.45, 7) is 6.50. The maximum atomic E-state index is 13.3. The van der Waals surface area contributed by atoms with Crippen LogP contribution in [-0.4, -0.2) is 46.9 Å². The lowest BCUT2D eigenvalue weighted by molar-refractivity contribution is -0.151. The summed E-state index contributed by atoms with van der Waals surface area (Å²) in [4.78, 5) is 26.3. The Morgan fingerprint density at radius 1 is 0.446 bits per heavy atom. The molecular weight excluding hydrogens is 803 g/mol. The molecule has 0 bridgehead atoms. The van der Waals surface area contributed by atoms with Gasteiger partial charge in [0.1, 0.15) is 6.10 Å². The predicted molar refractivity (Wildman–Crippen MR) is 283 cm³/mol. The summed E-state index contributed by atoms with van der Waals surface area (Å²) in [7, 11) is 0. The van der Waals surface area contributed by atoms with Gasteiger partial charge >= 0.3 is 5.97 Å². The molecule has 3 N–H and O–H groups in total. The summed E-state index contributed by atoms with van der Waals surface area (Å²) in [6.07, 6.45) is 62.4. The van der Waals surface area contributed by atoms with Crippen LogP contribution in [0.25, 0.3) is 0 Å². The number of amides is 1. The van der Waals surface area contributed by atoms with Gasteiger partial charge in [0.2, 0.25) is 5.91 Å². The second kappa shape index (κ2) is 53.3. The van der Waals surface area contributed by atoms with Gasteiger partial charge in [-0.25, -0.2) is 0 Å². The first-order valence-electron chi connectivity index (χ1n) is 29.1. The topological polar surface area (TPSA) is 95.9 Å². The Morgan fingerprint density at radius 3 is 1.20 bits per heavy atom. The number of allylic oxidation sites excluding steroid dienone is 4. The van der Waals surface area contributed by atoms with Gasteiger partial charge < -0.3 is 20.3 Å². The van der Waals surface area contributed by atoms with Crippen LogP contribution in [0, 0.1) is 0 Å². The van der Waals surface area contributed by atoms with Gasteiger partial charge in [-0.15, -0.1) is 0 Å². The van der Waals surface area contributed by atoms with Crippen LogP contribution in [0.3, 0.4) is 0 Å². The standard InChI is InChI=1S/C59H113NO5/c1-4-7-10-13-16-19-22-25-28-29-31-32-35-38-41-44-47-50-55(65-59(64)52-49-46-43-40-37-34-30-26-23-20-17-14-11-8-5-2)53-58(63)60-56(54-61)57(62)51-48-45-42-39-36-33-27-24-21-18-15-12-9-6-3/h16,19,25,28,55-57,61-62H,4-15,17-18,20-24,26-27,29-54H2,1-3H3,(H,60,63)/b19-16-,28-25-. The van der Waals surface area contributed by atoms with Crippen LogP contribution in [0.4, 0.5) is 0 Å². The first kappa shape index (κ1) is 63.3. The molecule has 0 aromatic carbocycles. The van der Waals surface area contributed by atoms with E-state index in [0.717, 1.165) is 64.2 Å². The van der Waals surface area contributed by atoms with Gasteiger partial charge in [-0.05, 0) is 57.8 Å². The molecule has 6 heteroatoms. The van der Waals surface area contributed by atoms with Crippen LogP contribution in [0.15, 0.2) is 24.3 Å². The highest BCUT2D eigenvalue weighted by atomic mass is 16.5. The first-order chi connectivity index (χ1) is 32.0. The molecule has 0 saturated heterocycles. The van der Waals surface area contributed by atoms with Crippen molar-refractivity contribution < 1.29 is 24.5 Å². The average molecular weight is 917 g/mol. The number of rotatable bonds is 53. The van der Waals surface area contributed by atoms with Crippen LogP contribution in [0.2, 0.25) is 0 Å². The average Bonchev–Trinajstić information content (AvgIpc) is 3.30. The van der Waals surface area contributed by atoms with Crippen molar-refractivity contribution in [2.45, 2.75) is 334 Å². The number of nitrogens with one attached hydrogen (secondary N) is 1. The highest BCUT2D eigenvalue weighted by molar-refractivity contribution is 5.77. The molecule has 0 aliphatic carbocycles. The van der Waals surface area contributed by atoms with Gasteiger partial charge in [0.05, 0.1) is 25.2 Å². The first-order valence-corrected chi connectivity index (χ1v) is 29.1. The molecule has 3 atom stereocenters. The third-order valence-electron chi connectivity index (χ3n) is 13.5. The van der Waals surface area contributed by atoms with E-state index in [9.17, 15) is 19.8 Å². The highest BCUT2D eigenvalue weighted by Crippen LogP contribution is 2.19. The van der Waals surface area contributed by atoms with Crippen molar-refractivity contribution in [2.24, 2.45) is 0 Å². The number of hydrogen-bond acceptors (Lipinski definition) is 5. The number of aliphatic hydroxyl groups excluding tert-OH is 2. The lowest BCUT2D eigenvalue weighted by Crippen LogP contribution is -2.46. The van der Waals surface area contributed by atoms with Crippen LogP contribution in [0.5, 0.6) is 0 Å². The normalized spacial score (nSPS) is 13.2. The highest BCUT2D eigenvalue weighted by Gasteiger charge is 2.24. The second-order valence-electron chi connectivity index (χ2n) is 20.1. The van der Waals surface area contributed by atoms with Crippen molar-refractivity contribution in [2.75, 3.05) is 6.61 Å². The van der Waals surface area contributed by atoms with Gasteiger partial charge in [0.25, 0.3) is 0 Å². The summed E-state index contributed by atoms with van der Waals surface area (Å²) in [5.41, 5.74) is 0. The number of esters is 1. The van der Waals surface area contributed by atoms with E-state index < -0.39 is 18.2 Å². The summed E-state index contributed by atoms with van der Waals surface area (Å²) in [5, 5.41) is 23.9. The second-order valence-corrected chi connectivity index (χ2v) is 20.1. The lowest BCUT2D eigenvalue weighted by atomic mass is 10.0. The number of aliphatic hydroxyl groups is 2. The van der Waals surface area contributed by atoms with Gasteiger partial charge in [-0.2, -0.15) is 0 Å². The molecule has 0 fully saturated rings. The van der Waals surface area contributed by atoms with E-state index in [1.54, 1.807) is 0 Å². The van der Waals surface area contributed by atoms with Crippen molar-refractivity contribution in [1.29, 1.82) is 0 Å². The Morgan fingerprint density at radius 2 is 0.785 bits per heavy atom. The van der Waals surface area contributed by atoms with E-state index in [2.05, 4.69) is 50.4 Å². The Balaban J connectivity index is 4.54. The van der Waals surface area contributed by atoms with Crippen molar-refractivity contribution in [3.63, 3.8) is 0 Å². The van der Waals surface area contributed by atoms with Crippen LogP contribution in [0.1, 0.15) is 316 Å². The maximum Gasteiger partial charge on any atom is 0.306 e. The molecule has 0 aromatic rings. The van der Waals surface area contributed by atoms with Crippen molar-refractivity contribution in [3.8, 4) is 0 Å². The molecule has 1 amide bonds. The number of ether oxygens (including phenoxy) is 1. The third kappa shape index (κ3) is 48.6. The molecule has 0 saturated carbocycles. The van der Waals surface area contributed by atoms with E-state index >= 15 is 0 Å². The molecule has 3 unspecified atom stereocenters. The van der Waals surface area contributed by atoms with Crippen LogP contribution >= 0.6 is 0 Å². The lowest BCUT2D eigenvalue weighted by Gasteiger charge is -2.24. The summed E-state index contributed by atoms with van der Waals surface area (Å²) >= 11 is 0. The van der Waals surface area contributed by atoms with E-state index in [1.807, 2.05) is 0 Å². The van der Waals surface area contributed by atoms with Gasteiger partial charge in [0, 0.05) is 6.42 Å². The van der Waals surface area contributed by atoms with Crippen molar-refractivity contribution in [3.05, 3.63) is 24.3 Å². The number of hydrogen-bond donors (Lipinski definition) is 3. The molecule has 0 spiro atoms. The Kier molecular flexibility index (Phi) is 51.9. The monoisotopic (exact) mass is 916 g/mol. The predicted octanol–water partition coefficient (Wildman–Crippen LogP) is 17.9. The maximum absolute atomic E-state index is 13.3. The van der Waals surface area contributed by atoms with Gasteiger partial charge in [-0.3, -0.25) is 9.59 Å². The minimum Gasteiger partial charge on any atom is -0.462 e. The molecule has 0 aliphatic heterocycles. The van der Waals surface area contributed by atoms with Crippen LogP contribution < -0.4 is 5.32 Å². The minimum atomic E-state index is -0.786. The minimum absolute atomic E-state index is 0.0782. The molecule has 0 rings (SSSR count). The SMILES string of the molecule is CCCCC/C=C\C/C=C\CCCCCCCCCC(CC(=O)NC(CO)C(O)CCCCCCCCCCCCCCCC)OC(=O)CCCCCCCCCCCCCCCCC. The molecule has 0 heterocycles. The van der Waals surface area contributed by atoms with Crippen molar-refractivity contribution in [1.82, 2.24) is 5.32 Å². The van der Waals surface area contributed by atoms with E-state index in [4.69, 9.17) is 4.74 Å². The van der Waals surface area contributed by atoms with E-state index in [0.29, 0.717) is 19.3 Å².